The van der Waals surface area contributed by atoms with E-state index in [0.717, 1.165) is 0 Å². The van der Waals surface area contributed by atoms with E-state index in [1.54, 1.807) is 32.9 Å². The van der Waals surface area contributed by atoms with Gasteiger partial charge in [0.15, 0.2) is 5.78 Å². The second kappa shape index (κ2) is 8.46. The molecule has 0 amide bonds. The number of phenols is 1. The van der Waals surface area contributed by atoms with Crippen LogP contribution < -0.4 is 0 Å². The molecule has 0 heterocycles. The third-order valence-electron chi connectivity index (χ3n) is 4.48. The van der Waals surface area contributed by atoms with Crippen LogP contribution in [0.5, 0.6) is 5.75 Å². The summed E-state index contributed by atoms with van der Waals surface area (Å²) in [5.41, 5.74) is 0.152. The Labute approximate surface area is 164 Å². The summed E-state index contributed by atoms with van der Waals surface area (Å²) >= 11 is 0. The van der Waals surface area contributed by atoms with Crippen LogP contribution in [0.2, 0.25) is 0 Å². The first-order chi connectivity index (χ1) is 12.2. The monoisotopic (exact) mass is 398 g/mol. The number of ketones is 1. The van der Waals surface area contributed by atoms with Crippen LogP contribution in [-0.2, 0) is 24.4 Å². The number of carbonyl (C=O) groups excluding carboxylic acids is 1. The van der Waals surface area contributed by atoms with Gasteiger partial charge in [0, 0.05) is 16.7 Å². The smallest absolute Gasteiger partial charge is 0.341 e. The van der Waals surface area contributed by atoms with E-state index in [4.69, 9.17) is 9.05 Å². The molecule has 1 unspecified atom stereocenters. The highest BCUT2D eigenvalue weighted by Crippen LogP contribution is 2.54. The average molecular weight is 398 g/mol. The van der Waals surface area contributed by atoms with Gasteiger partial charge in [0.1, 0.15) is 11.4 Å². The van der Waals surface area contributed by atoms with Gasteiger partial charge in [-0.05, 0) is 43.7 Å². The van der Waals surface area contributed by atoms with E-state index in [2.05, 4.69) is 0 Å². The lowest BCUT2D eigenvalue weighted by Crippen LogP contribution is -2.23. The minimum absolute atomic E-state index is 0.199. The lowest BCUT2D eigenvalue weighted by atomic mass is 9.78. The highest BCUT2D eigenvalue weighted by Gasteiger charge is 2.39. The van der Waals surface area contributed by atoms with Gasteiger partial charge in [-0.25, -0.2) is 0 Å². The molecule has 0 aromatic heterocycles. The van der Waals surface area contributed by atoms with E-state index in [1.165, 1.54) is 0 Å². The molecule has 0 aliphatic heterocycles. The van der Waals surface area contributed by atoms with Gasteiger partial charge in [-0.3, -0.25) is 9.36 Å². The molecular formula is C21H35O5P. The van der Waals surface area contributed by atoms with E-state index >= 15 is 0 Å². The lowest BCUT2D eigenvalue weighted by molar-refractivity contribution is 0.0973. The molecule has 1 N–H and O–H groups in total. The Kier molecular flexibility index (Phi) is 7.49. The van der Waals surface area contributed by atoms with Crippen molar-refractivity contribution in [2.45, 2.75) is 78.8 Å². The first-order valence-corrected chi connectivity index (χ1v) is 11.1. The van der Waals surface area contributed by atoms with Crippen LogP contribution in [0.25, 0.3) is 0 Å². The summed E-state index contributed by atoms with van der Waals surface area (Å²) in [6.45, 7) is 17.3. The minimum atomic E-state index is -3.57. The summed E-state index contributed by atoms with van der Waals surface area (Å²) in [7, 11) is -3.57. The highest BCUT2D eigenvalue weighted by atomic mass is 31.2. The van der Waals surface area contributed by atoms with Crippen LogP contribution in [0.15, 0.2) is 12.1 Å². The van der Waals surface area contributed by atoms with Crippen LogP contribution in [0.3, 0.4) is 0 Å². The van der Waals surface area contributed by atoms with Crippen molar-refractivity contribution in [3.8, 4) is 5.75 Å². The Morgan fingerprint density at radius 1 is 1.00 bits per heavy atom. The van der Waals surface area contributed by atoms with Crippen molar-refractivity contribution < 1.29 is 23.5 Å². The Morgan fingerprint density at radius 2 is 1.37 bits per heavy atom. The molecule has 0 radical (unpaired) electrons. The lowest BCUT2D eigenvalue weighted by Gasteiger charge is -2.29. The number of rotatable bonds is 7. The van der Waals surface area contributed by atoms with E-state index in [1.807, 2.05) is 41.5 Å². The van der Waals surface area contributed by atoms with Crippen LogP contribution in [0, 0.1) is 0 Å². The normalized spacial score (nSPS) is 14.3. The Hall–Kier alpha value is -1.16. The predicted molar refractivity (Wildman–Crippen MR) is 110 cm³/mol. The minimum Gasteiger partial charge on any atom is -0.507 e. The van der Waals surface area contributed by atoms with Crippen LogP contribution in [0.1, 0.15) is 83.8 Å². The molecule has 0 spiro atoms. The Morgan fingerprint density at radius 3 is 1.67 bits per heavy atom. The maximum absolute atomic E-state index is 13.2. The fourth-order valence-corrected chi connectivity index (χ4v) is 4.60. The molecule has 6 heteroatoms. The van der Waals surface area contributed by atoms with E-state index < -0.39 is 13.3 Å². The highest BCUT2D eigenvalue weighted by molar-refractivity contribution is 7.55. The molecular weight excluding hydrogens is 363 g/mol. The van der Waals surface area contributed by atoms with Crippen molar-refractivity contribution >= 4 is 13.4 Å². The number of carbonyl (C=O) groups is 1. The van der Waals surface area contributed by atoms with E-state index in [9.17, 15) is 14.5 Å². The van der Waals surface area contributed by atoms with Gasteiger partial charge in [0.05, 0.1) is 13.2 Å². The largest absolute Gasteiger partial charge is 0.507 e. The van der Waals surface area contributed by atoms with Gasteiger partial charge in [-0.1, -0.05) is 41.5 Å². The third kappa shape index (κ3) is 5.43. The molecule has 27 heavy (non-hydrogen) atoms. The number of phenolic OH excluding ortho intramolecular Hbond substituents is 1. The zero-order chi connectivity index (χ0) is 21.2. The molecule has 0 saturated carbocycles. The maximum Gasteiger partial charge on any atom is 0.341 e. The van der Waals surface area contributed by atoms with Gasteiger partial charge in [0.25, 0.3) is 0 Å². The molecule has 1 aromatic carbocycles. The zero-order valence-corrected chi connectivity index (χ0v) is 19.1. The second-order valence-corrected chi connectivity index (χ2v) is 11.2. The van der Waals surface area contributed by atoms with Crippen molar-refractivity contribution in [3.05, 3.63) is 28.8 Å². The van der Waals surface area contributed by atoms with Gasteiger partial charge in [-0.15, -0.1) is 0 Å². The number of benzene rings is 1. The molecule has 0 aliphatic rings. The van der Waals surface area contributed by atoms with Crippen molar-refractivity contribution in [2.24, 2.45) is 0 Å². The number of Topliss-reactive ketones (excluding diaryl/α,β-unsaturated/α-hetero) is 1. The van der Waals surface area contributed by atoms with E-state index in [0.29, 0.717) is 16.7 Å². The molecule has 1 aromatic rings. The quantitative estimate of drug-likeness (QED) is 0.462. The summed E-state index contributed by atoms with van der Waals surface area (Å²) in [6.07, 6.45) is 0. The van der Waals surface area contributed by atoms with Crippen molar-refractivity contribution in [2.75, 3.05) is 13.2 Å². The molecule has 1 rings (SSSR count). The third-order valence-corrected chi connectivity index (χ3v) is 6.90. The SMILES string of the molecule is CCOP(=O)(OCC)C(C)C(=O)c1cc(C(C)(C)C)c(O)c(C(C)(C)C)c1. The molecule has 0 bridgehead atoms. The van der Waals surface area contributed by atoms with E-state index in [-0.39, 0.29) is 35.6 Å². The molecule has 0 aliphatic carbocycles. The van der Waals surface area contributed by atoms with Gasteiger partial charge >= 0.3 is 7.60 Å². The summed E-state index contributed by atoms with van der Waals surface area (Å²) in [4.78, 5) is 13.2. The topological polar surface area (TPSA) is 72.8 Å². The van der Waals surface area contributed by atoms with Crippen LogP contribution in [0.4, 0.5) is 0 Å². The van der Waals surface area contributed by atoms with Crippen molar-refractivity contribution in [1.29, 1.82) is 0 Å². The molecule has 0 fully saturated rings. The molecule has 154 valence electrons. The summed E-state index contributed by atoms with van der Waals surface area (Å²) < 4.78 is 23.8. The number of aromatic hydroxyl groups is 1. The Balaban J connectivity index is 3.57. The summed E-state index contributed by atoms with van der Waals surface area (Å²) in [5, 5.41) is 10.8. The first kappa shape index (κ1) is 23.9. The standard InChI is InChI=1S/C21H35O5P/c1-10-25-27(24,26-11-2)14(3)18(22)15-12-16(20(4,5)6)19(23)17(13-15)21(7,8)9/h12-14,23H,10-11H2,1-9H3. The number of hydrogen-bond acceptors (Lipinski definition) is 5. The average Bonchev–Trinajstić information content (AvgIpc) is 2.51. The van der Waals surface area contributed by atoms with Crippen LogP contribution in [-0.4, -0.2) is 29.8 Å². The van der Waals surface area contributed by atoms with Crippen LogP contribution >= 0.6 is 7.60 Å². The summed E-state index contributed by atoms with van der Waals surface area (Å²) in [5.74, 6) is -0.103. The second-order valence-electron chi connectivity index (χ2n) is 8.84. The number of hydrogen-bond donors (Lipinski definition) is 1. The predicted octanol–water partition coefficient (Wildman–Crippen LogP) is 5.82. The molecule has 0 saturated heterocycles. The van der Waals surface area contributed by atoms with Gasteiger partial charge in [-0.2, -0.15) is 0 Å². The molecule has 1 atom stereocenters. The van der Waals surface area contributed by atoms with Gasteiger partial charge in [0.2, 0.25) is 0 Å². The summed E-state index contributed by atoms with van der Waals surface area (Å²) in [6, 6.07) is 3.40. The maximum atomic E-state index is 13.2. The zero-order valence-electron chi connectivity index (χ0n) is 18.2. The van der Waals surface area contributed by atoms with Crippen molar-refractivity contribution in [3.63, 3.8) is 0 Å². The fourth-order valence-electron chi connectivity index (χ4n) is 2.93. The van der Waals surface area contributed by atoms with Crippen molar-refractivity contribution in [1.82, 2.24) is 0 Å². The van der Waals surface area contributed by atoms with Gasteiger partial charge < -0.3 is 14.2 Å². The fraction of sp³-hybridized carbons (Fsp3) is 0.667. The first-order valence-electron chi connectivity index (χ1n) is 9.50. The molecule has 5 nitrogen and oxygen atoms in total. The Bertz CT molecular complexity index is 680.